The Labute approximate surface area is 171 Å². The van der Waals surface area contributed by atoms with Crippen molar-refractivity contribution in [1.82, 2.24) is 9.55 Å². The molecule has 2 heteroatoms. The molecular formula is C27H24N2. The molecule has 3 aromatic carbocycles. The number of hydrogen-bond acceptors (Lipinski definition) is 1. The second-order valence-electron chi connectivity index (χ2n) is 8.60. The van der Waals surface area contributed by atoms with Crippen molar-refractivity contribution in [2.24, 2.45) is 0 Å². The summed E-state index contributed by atoms with van der Waals surface area (Å²) in [4.78, 5) is 4.61. The minimum absolute atomic E-state index is 0.120. The van der Waals surface area contributed by atoms with Gasteiger partial charge in [0.25, 0.3) is 0 Å². The standard InChI is InChI=1S/C27H24N2/c1-27(2,3)20-13-14-26-23(17-20)22-11-7-8-12-25(22)29(26)21-15-16-28-24(18-21)19-9-5-4-6-10-19/h4-18H,1-3H3. The average molecular weight is 377 g/mol. The summed E-state index contributed by atoms with van der Waals surface area (Å²) in [5.74, 6) is 0. The fraction of sp³-hybridized carbons (Fsp3) is 0.148. The van der Waals surface area contributed by atoms with Crippen LogP contribution in [0.25, 0.3) is 38.8 Å². The summed E-state index contributed by atoms with van der Waals surface area (Å²) < 4.78 is 2.35. The van der Waals surface area contributed by atoms with Crippen LogP contribution < -0.4 is 0 Å². The molecule has 0 fully saturated rings. The molecule has 0 saturated heterocycles. The zero-order chi connectivity index (χ0) is 20.0. The van der Waals surface area contributed by atoms with Crippen molar-refractivity contribution in [3.8, 4) is 16.9 Å². The molecule has 0 aliphatic rings. The van der Waals surface area contributed by atoms with Gasteiger partial charge < -0.3 is 4.57 Å². The van der Waals surface area contributed by atoms with Gasteiger partial charge in [0.05, 0.1) is 16.7 Å². The molecule has 0 bridgehead atoms. The Hall–Kier alpha value is -3.39. The van der Waals surface area contributed by atoms with Crippen LogP contribution in [0.4, 0.5) is 0 Å². The van der Waals surface area contributed by atoms with Crippen molar-refractivity contribution in [2.45, 2.75) is 26.2 Å². The van der Waals surface area contributed by atoms with E-state index in [2.05, 4.69) is 109 Å². The van der Waals surface area contributed by atoms with Gasteiger partial charge in [-0.1, -0.05) is 75.4 Å². The van der Waals surface area contributed by atoms with Crippen molar-refractivity contribution in [2.75, 3.05) is 0 Å². The molecule has 5 aromatic rings. The molecule has 29 heavy (non-hydrogen) atoms. The van der Waals surface area contributed by atoms with Gasteiger partial charge in [0.2, 0.25) is 0 Å². The van der Waals surface area contributed by atoms with Crippen molar-refractivity contribution in [3.05, 3.63) is 96.7 Å². The van der Waals surface area contributed by atoms with Crippen LogP contribution >= 0.6 is 0 Å². The molecule has 142 valence electrons. The van der Waals surface area contributed by atoms with Gasteiger partial charge in [-0.2, -0.15) is 0 Å². The highest BCUT2D eigenvalue weighted by atomic mass is 15.0. The lowest BCUT2D eigenvalue weighted by Crippen LogP contribution is -2.10. The third kappa shape index (κ3) is 3.01. The van der Waals surface area contributed by atoms with Crippen molar-refractivity contribution < 1.29 is 0 Å². The number of pyridine rings is 1. The lowest BCUT2D eigenvalue weighted by Gasteiger charge is -2.19. The molecule has 0 unspecified atom stereocenters. The summed E-state index contributed by atoms with van der Waals surface area (Å²) >= 11 is 0. The van der Waals surface area contributed by atoms with Crippen LogP contribution in [0.15, 0.2) is 91.1 Å². The van der Waals surface area contributed by atoms with E-state index in [0.29, 0.717) is 0 Å². The van der Waals surface area contributed by atoms with Gasteiger partial charge in [0.1, 0.15) is 0 Å². The minimum atomic E-state index is 0.120. The number of benzene rings is 3. The topological polar surface area (TPSA) is 17.8 Å². The van der Waals surface area contributed by atoms with E-state index in [1.54, 1.807) is 0 Å². The number of nitrogens with zero attached hydrogens (tertiary/aromatic N) is 2. The van der Waals surface area contributed by atoms with Crippen LogP contribution in [0.2, 0.25) is 0 Å². The van der Waals surface area contributed by atoms with Crippen LogP contribution in [0.1, 0.15) is 26.3 Å². The van der Waals surface area contributed by atoms with E-state index in [-0.39, 0.29) is 5.41 Å². The summed E-state index contributed by atoms with van der Waals surface area (Å²) in [6.45, 7) is 6.80. The maximum atomic E-state index is 4.61. The molecule has 5 rings (SSSR count). The van der Waals surface area contributed by atoms with Crippen molar-refractivity contribution in [1.29, 1.82) is 0 Å². The highest BCUT2D eigenvalue weighted by molar-refractivity contribution is 6.09. The van der Waals surface area contributed by atoms with E-state index >= 15 is 0 Å². The van der Waals surface area contributed by atoms with Crippen molar-refractivity contribution in [3.63, 3.8) is 0 Å². The molecule has 0 N–H and O–H groups in total. The first-order chi connectivity index (χ1) is 14.0. The Kier molecular flexibility index (Phi) is 4.02. The molecule has 2 heterocycles. The average Bonchev–Trinajstić information content (AvgIpc) is 3.08. The molecule has 0 aliphatic carbocycles. The first kappa shape index (κ1) is 17.7. The summed E-state index contributed by atoms with van der Waals surface area (Å²) in [5, 5.41) is 2.58. The summed E-state index contributed by atoms with van der Waals surface area (Å²) in [7, 11) is 0. The highest BCUT2D eigenvalue weighted by Crippen LogP contribution is 2.35. The molecule has 2 nitrogen and oxygen atoms in total. The Morgan fingerprint density at radius 1 is 0.690 bits per heavy atom. The summed E-state index contributed by atoms with van der Waals surface area (Å²) in [6.07, 6.45) is 1.90. The molecule has 0 atom stereocenters. The lowest BCUT2D eigenvalue weighted by molar-refractivity contribution is 0.591. The smallest absolute Gasteiger partial charge is 0.0722 e. The van der Waals surface area contributed by atoms with Crippen LogP contribution in [0, 0.1) is 0 Å². The zero-order valence-electron chi connectivity index (χ0n) is 17.1. The minimum Gasteiger partial charge on any atom is -0.309 e. The lowest BCUT2D eigenvalue weighted by atomic mass is 9.86. The Morgan fingerprint density at radius 3 is 2.21 bits per heavy atom. The van der Waals surface area contributed by atoms with E-state index < -0.39 is 0 Å². The first-order valence-electron chi connectivity index (χ1n) is 10.1. The number of para-hydroxylation sites is 1. The van der Waals surface area contributed by atoms with Crippen LogP contribution in [0.3, 0.4) is 0 Å². The molecule has 0 spiro atoms. The zero-order valence-corrected chi connectivity index (χ0v) is 17.1. The second kappa shape index (κ2) is 6.59. The van der Waals surface area contributed by atoms with Gasteiger partial charge in [-0.25, -0.2) is 0 Å². The number of hydrogen-bond donors (Lipinski definition) is 0. The van der Waals surface area contributed by atoms with Crippen molar-refractivity contribution >= 4 is 21.8 Å². The first-order valence-corrected chi connectivity index (χ1v) is 10.1. The van der Waals surface area contributed by atoms with Crippen LogP contribution in [0.5, 0.6) is 0 Å². The quantitative estimate of drug-likeness (QED) is 0.320. The number of fused-ring (bicyclic) bond motifs is 3. The molecule has 0 aliphatic heterocycles. The summed E-state index contributed by atoms with van der Waals surface area (Å²) in [6, 6.07) is 30.2. The second-order valence-corrected chi connectivity index (χ2v) is 8.60. The molecule has 0 radical (unpaired) electrons. The third-order valence-corrected chi connectivity index (χ3v) is 5.61. The monoisotopic (exact) mass is 376 g/mol. The number of rotatable bonds is 2. The Morgan fingerprint density at radius 2 is 1.41 bits per heavy atom. The van der Waals surface area contributed by atoms with Gasteiger partial charge in [-0.3, -0.25) is 4.98 Å². The third-order valence-electron chi connectivity index (χ3n) is 5.61. The SMILES string of the molecule is CC(C)(C)c1ccc2c(c1)c1ccccc1n2-c1ccnc(-c2ccccc2)c1. The predicted molar refractivity (Wildman–Crippen MR) is 123 cm³/mol. The fourth-order valence-electron chi connectivity index (χ4n) is 4.04. The van der Waals surface area contributed by atoms with Gasteiger partial charge in [0.15, 0.2) is 0 Å². The van der Waals surface area contributed by atoms with Crippen LogP contribution in [-0.2, 0) is 5.41 Å². The van der Waals surface area contributed by atoms with Gasteiger partial charge in [0, 0.05) is 28.2 Å². The largest absolute Gasteiger partial charge is 0.309 e. The normalized spacial score (nSPS) is 12.0. The van der Waals surface area contributed by atoms with Crippen LogP contribution in [-0.4, -0.2) is 9.55 Å². The predicted octanol–water partition coefficient (Wildman–Crippen LogP) is 7.14. The molecule has 0 saturated carbocycles. The maximum absolute atomic E-state index is 4.61. The molecule has 2 aromatic heterocycles. The van der Waals surface area contributed by atoms with E-state index in [1.165, 1.54) is 27.4 Å². The molecule has 0 amide bonds. The van der Waals surface area contributed by atoms with Gasteiger partial charge in [-0.05, 0) is 41.3 Å². The molecular weight excluding hydrogens is 352 g/mol. The van der Waals surface area contributed by atoms with E-state index in [4.69, 9.17) is 0 Å². The number of aromatic nitrogens is 2. The highest BCUT2D eigenvalue weighted by Gasteiger charge is 2.18. The fourth-order valence-corrected chi connectivity index (χ4v) is 4.04. The van der Waals surface area contributed by atoms with Gasteiger partial charge >= 0.3 is 0 Å². The maximum Gasteiger partial charge on any atom is 0.0722 e. The Balaban J connectivity index is 1.79. The summed E-state index contributed by atoms with van der Waals surface area (Å²) in [5.41, 5.74) is 7.17. The Bertz CT molecular complexity index is 1320. The van der Waals surface area contributed by atoms with E-state index in [1.807, 2.05) is 12.3 Å². The van der Waals surface area contributed by atoms with E-state index in [9.17, 15) is 0 Å². The van der Waals surface area contributed by atoms with Gasteiger partial charge in [-0.15, -0.1) is 0 Å². The van der Waals surface area contributed by atoms with E-state index in [0.717, 1.165) is 16.9 Å².